The molecule has 5 heteroatoms. The molecule has 0 aromatic carbocycles. The van der Waals surface area contributed by atoms with Crippen molar-refractivity contribution in [2.75, 3.05) is 32.7 Å². The van der Waals surface area contributed by atoms with Gasteiger partial charge in [0.15, 0.2) is 0 Å². The van der Waals surface area contributed by atoms with Crippen molar-refractivity contribution in [3.8, 4) is 0 Å². The molecule has 1 heterocycles. The summed E-state index contributed by atoms with van der Waals surface area (Å²) >= 11 is 0. The minimum Gasteiger partial charge on any atom is -1.00 e. The quantitative estimate of drug-likeness (QED) is 0.319. The molecule has 0 spiro atoms. The van der Waals surface area contributed by atoms with E-state index in [4.69, 9.17) is 0 Å². The van der Waals surface area contributed by atoms with Gasteiger partial charge in [-0.3, -0.25) is 4.79 Å². The molecular formula is C33H57BrN2O2. The van der Waals surface area contributed by atoms with Gasteiger partial charge in [0.25, 0.3) is 0 Å². The van der Waals surface area contributed by atoms with Crippen molar-refractivity contribution in [2.45, 2.75) is 110 Å². The molecule has 0 bridgehead atoms. The third-order valence-corrected chi connectivity index (χ3v) is 13.2. The van der Waals surface area contributed by atoms with Crippen molar-refractivity contribution in [3.05, 3.63) is 12.7 Å². The lowest BCUT2D eigenvalue weighted by Crippen LogP contribution is -3.00. The maximum atomic E-state index is 12.8. The van der Waals surface area contributed by atoms with E-state index in [2.05, 4.69) is 38.7 Å². The van der Waals surface area contributed by atoms with Gasteiger partial charge < -0.3 is 31.9 Å². The Bertz CT molecular complexity index is 828. The number of carbonyl (C=O) groups excluding carboxylic acids is 1. The van der Waals surface area contributed by atoms with E-state index >= 15 is 0 Å². The summed E-state index contributed by atoms with van der Waals surface area (Å²) in [6, 6.07) is 0. The number of aliphatic hydroxyl groups excluding tert-OH is 1. The Morgan fingerprint density at radius 1 is 1.05 bits per heavy atom. The van der Waals surface area contributed by atoms with Crippen LogP contribution in [0.3, 0.4) is 0 Å². The molecule has 2 N–H and O–H groups in total. The molecule has 0 aromatic rings. The second-order valence-electron chi connectivity index (χ2n) is 14.9. The molecule has 4 unspecified atom stereocenters. The lowest BCUT2D eigenvalue weighted by atomic mass is 9.44. The zero-order chi connectivity index (χ0) is 26.3. The van der Waals surface area contributed by atoms with Crippen molar-refractivity contribution in [1.29, 1.82) is 0 Å². The molecule has 4 nitrogen and oxygen atoms in total. The molecule has 5 aliphatic rings. The minimum atomic E-state index is -0.0487. The monoisotopic (exact) mass is 592 g/mol. The fourth-order valence-electron chi connectivity index (χ4n) is 11.1. The number of aliphatic hydroxyl groups is 1. The van der Waals surface area contributed by atoms with Gasteiger partial charge in [-0.25, -0.2) is 0 Å². The number of quaternary nitrogens is 1. The Kier molecular flexibility index (Phi) is 9.84. The maximum Gasteiger partial charge on any atom is 0.220 e. The Hall–Kier alpha value is -0.390. The zero-order valence-corrected chi connectivity index (χ0v) is 26.3. The Labute approximate surface area is 244 Å². The molecule has 4 saturated carbocycles. The fraction of sp³-hybridized carbons (Fsp3) is 0.909. The SMILES string of the molecule is C=CC[N+]1(CCNC(=O)CC[C@@H](C)[C@H]2CCC3C4CCC5C[C@H](O)CC[C@]5(C)C4CC[C@@]32C)CCCC1.[Br-]. The van der Waals surface area contributed by atoms with Crippen molar-refractivity contribution < 1.29 is 31.4 Å². The fourth-order valence-corrected chi connectivity index (χ4v) is 11.1. The Balaban J connectivity index is 0.00000336. The summed E-state index contributed by atoms with van der Waals surface area (Å²) in [6.45, 7) is 17.0. The van der Waals surface area contributed by atoms with E-state index in [1.54, 1.807) is 0 Å². The number of amides is 1. The topological polar surface area (TPSA) is 49.3 Å². The average molecular weight is 594 g/mol. The number of rotatable bonds is 9. The summed E-state index contributed by atoms with van der Waals surface area (Å²) in [4.78, 5) is 12.8. The standard InChI is InChI=1S/C33H56N2O2.BrH/c1-5-19-35(20-6-7-21-35)22-18-34-31(37)13-8-24(2)28-11-12-29-27-10-9-25-23-26(36)14-16-32(25,3)30(27)15-17-33(28,29)4;/h5,24-30,36H,1,6-23H2,2-4H3;1H/t24-,25?,26-,27?,28-,29?,30?,32+,33-;/m1./s1. The first kappa shape index (κ1) is 30.6. The first-order valence-electron chi connectivity index (χ1n) is 16.1. The second-order valence-corrected chi connectivity index (χ2v) is 14.9. The van der Waals surface area contributed by atoms with Gasteiger partial charge in [0.2, 0.25) is 5.91 Å². The van der Waals surface area contributed by atoms with E-state index in [9.17, 15) is 9.90 Å². The highest BCUT2D eigenvalue weighted by Gasteiger charge is 2.60. The lowest BCUT2D eigenvalue weighted by Gasteiger charge is -2.61. The van der Waals surface area contributed by atoms with Crippen LogP contribution in [-0.2, 0) is 4.79 Å². The van der Waals surface area contributed by atoms with Gasteiger partial charge in [-0.2, -0.15) is 0 Å². The third kappa shape index (κ3) is 5.69. The van der Waals surface area contributed by atoms with Crippen LogP contribution in [-0.4, -0.2) is 54.3 Å². The molecule has 5 rings (SSSR count). The van der Waals surface area contributed by atoms with E-state index in [1.165, 1.54) is 70.9 Å². The van der Waals surface area contributed by atoms with Gasteiger partial charge in [0.1, 0.15) is 0 Å². The number of fused-ring (bicyclic) bond motifs is 5. The van der Waals surface area contributed by atoms with Crippen molar-refractivity contribution in [3.63, 3.8) is 0 Å². The van der Waals surface area contributed by atoms with E-state index in [1.807, 2.05) is 0 Å². The summed E-state index contributed by atoms with van der Waals surface area (Å²) < 4.78 is 1.12. The number of halogens is 1. The highest BCUT2D eigenvalue weighted by Crippen LogP contribution is 2.68. The Morgan fingerprint density at radius 2 is 1.76 bits per heavy atom. The molecule has 1 aliphatic heterocycles. The van der Waals surface area contributed by atoms with Crippen LogP contribution in [0.15, 0.2) is 12.7 Å². The predicted octanol–water partition coefficient (Wildman–Crippen LogP) is 3.34. The number of nitrogens with zero attached hydrogens (tertiary/aromatic N) is 1. The highest BCUT2D eigenvalue weighted by atomic mass is 79.9. The number of carbonyl (C=O) groups is 1. The molecule has 218 valence electrons. The summed E-state index contributed by atoms with van der Waals surface area (Å²) in [5.74, 6) is 5.06. The summed E-state index contributed by atoms with van der Waals surface area (Å²) in [6.07, 6.45) is 18.0. The van der Waals surface area contributed by atoms with Crippen LogP contribution >= 0.6 is 0 Å². The second kappa shape index (κ2) is 12.2. The smallest absolute Gasteiger partial charge is 0.220 e. The van der Waals surface area contributed by atoms with Crippen molar-refractivity contribution in [2.24, 2.45) is 46.3 Å². The van der Waals surface area contributed by atoms with E-state index in [-0.39, 0.29) is 29.0 Å². The molecule has 1 saturated heterocycles. The third-order valence-electron chi connectivity index (χ3n) is 13.2. The van der Waals surface area contributed by atoms with Crippen LogP contribution in [0.4, 0.5) is 0 Å². The molecule has 1 amide bonds. The number of likely N-dealkylation sites (tertiary alicyclic amines) is 1. The number of hydrogen-bond acceptors (Lipinski definition) is 2. The van der Waals surface area contributed by atoms with Gasteiger partial charge in [0, 0.05) is 19.3 Å². The molecular weight excluding hydrogens is 536 g/mol. The number of hydrogen-bond donors (Lipinski definition) is 2. The van der Waals surface area contributed by atoms with Crippen LogP contribution in [0.25, 0.3) is 0 Å². The van der Waals surface area contributed by atoms with E-state index < -0.39 is 0 Å². The van der Waals surface area contributed by atoms with Crippen LogP contribution in [0.1, 0.15) is 104 Å². The first-order chi connectivity index (χ1) is 17.7. The van der Waals surface area contributed by atoms with Gasteiger partial charge in [-0.1, -0.05) is 27.4 Å². The minimum absolute atomic E-state index is 0. The number of nitrogens with one attached hydrogen (secondary N) is 1. The summed E-state index contributed by atoms with van der Waals surface area (Å²) in [7, 11) is 0. The van der Waals surface area contributed by atoms with Crippen LogP contribution < -0.4 is 22.3 Å². The molecule has 9 atom stereocenters. The molecule has 38 heavy (non-hydrogen) atoms. The maximum absolute atomic E-state index is 12.8. The van der Waals surface area contributed by atoms with Gasteiger partial charge in [-0.05, 0) is 117 Å². The van der Waals surface area contributed by atoms with Crippen molar-refractivity contribution in [1.82, 2.24) is 5.32 Å². The first-order valence-corrected chi connectivity index (χ1v) is 16.1. The highest BCUT2D eigenvalue weighted by molar-refractivity contribution is 5.75. The normalized spacial score (nSPS) is 42.2. The van der Waals surface area contributed by atoms with Crippen molar-refractivity contribution >= 4 is 5.91 Å². The predicted molar refractivity (Wildman–Crippen MR) is 152 cm³/mol. The summed E-state index contributed by atoms with van der Waals surface area (Å²) in [5, 5.41) is 13.6. The van der Waals surface area contributed by atoms with Gasteiger partial charge in [-0.15, -0.1) is 0 Å². The van der Waals surface area contributed by atoms with Crippen LogP contribution in [0, 0.1) is 46.3 Å². The Morgan fingerprint density at radius 3 is 2.50 bits per heavy atom. The van der Waals surface area contributed by atoms with Gasteiger partial charge in [0.05, 0.1) is 38.8 Å². The van der Waals surface area contributed by atoms with E-state index in [0.717, 1.165) is 73.0 Å². The molecule has 0 radical (unpaired) electrons. The summed E-state index contributed by atoms with van der Waals surface area (Å²) in [5.41, 5.74) is 0.929. The van der Waals surface area contributed by atoms with Crippen LogP contribution in [0.5, 0.6) is 0 Å². The van der Waals surface area contributed by atoms with Gasteiger partial charge >= 0.3 is 0 Å². The average Bonchev–Trinajstić information content (AvgIpc) is 3.47. The molecule has 5 fully saturated rings. The van der Waals surface area contributed by atoms with Crippen LogP contribution in [0.2, 0.25) is 0 Å². The van der Waals surface area contributed by atoms with E-state index in [0.29, 0.717) is 23.2 Å². The zero-order valence-electron chi connectivity index (χ0n) is 24.7. The molecule has 4 aliphatic carbocycles. The molecule has 0 aromatic heterocycles. The lowest BCUT2D eigenvalue weighted by molar-refractivity contribution is -0.910. The largest absolute Gasteiger partial charge is 1.00 e.